The van der Waals surface area contributed by atoms with Gasteiger partial charge >= 0.3 is 5.97 Å². The molecule has 0 saturated carbocycles. The van der Waals surface area contributed by atoms with Gasteiger partial charge in [0.25, 0.3) is 0 Å². The average molecular weight is 284 g/mol. The molecule has 1 heterocycles. The SMILES string of the molecule is CCC(CC)(NC(=O)C1CCN(C(C)=O)CC1)C(=O)O. The van der Waals surface area contributed by atoms with Gasteiger partial charge in [-0.3, -0.25) is 9.59 Å². The van der Waals surface area contributed by atoms with Crippen LogP contribution in [-0.2, 0) is 14.4 Å². The summed E-state index contributed by atoms with van der Waals surface area (Å²) in [6.45, 7) is 6.16. The minimum Gasteiger partial charge on any atom is -0.480 e. The number of rotatable bonds is 5. The molecule has 2 N–H and O–H groups in total. The fourth-order valence-electron chi connectivity index (χ4n) is 2.58. The van der Waals surface area contributed by atoms with E-state index in [9.17, 15) is 19.5 Å². The molecule has 0 unspecified atom stereocenters. The van der Waals surface area contributed by atoms with Crippen molar-refractivity contribution in [1.29, 1.82) is 0 Å². The van der Waals surface area contributed by atoms with E-state index in [1.54, 1.807) is 18.7 Å². The van der Waals surface area contributed by atoms with E-state index in [0.29, 0.717) is 38.8 Å². The van der Waals surface area contributed by atoms with Crippen molar-refractivity contribution >= 4 is 17.8 Å². The minimum atomic E-state index is -1.17. The highest BCUT2D eigenvalue weighted by molar-refractivity contribution is 5.88. The van der Waals surface area contributed by atoms with Gasteiger partial charge < -0.3 is 15.3 Å². The van der Waals surface area contributed by atoms with E-state index >= 15 is 0 Å². The number of aliphatic carboxylic acids is 1. The Hall–Kier alpha value is -1.59. The summed E-state index contributed by atoms with van der Waals surface area (Å²) in [5, 5.41) is 12.0. The van der Waals surface area contributed by atoms with Gasteiger partial charge in [0, 0.05) is 25.9 Å². The number of amides is 2. The van der Waals surface area contributed by atoms with Crippen molar-refractivity contribution in [3.63, 3.8) is 0 Å². The number of carbonyl (C=O) groups excluding carboxylic acids is 2. The van der Waals surface area contributed by atoms with E-state index < -0.39 is 11.5 Å². The van der Waals surface area contributed by atoms with Gasteiger partial charge in [-0.1, -0.05) is 13.8 Å². The summed E-state index contributed by atoms with van der Waals surface area (Å²) in [5.41, 5.74) is -1.17. The van der Waals surface area contributed by atoms with Crippen LogP contribution in [0.1, 0.15) is 46.5 Å². The third-order valence-electron chi connectivity index (χ3n) is 4.29. The lowest BCUT2D eigenvalue weighted by molar-refractivity contribution is -0.149. The fraction of sp³-hybridized carbons (Fsp3) is 0.786. The molecule has 0 bridgehead atoms. The number of carbonyl (C=O) groups is 3. The number of carboxylic acids is 1. The number of hydrogen-bond donors (Lipinski definition) is 2. The van der Waals surface area contributed by atoms with Crippen LogP contribution in [0.25, 0.3) is 0 Å². The highest BCUT2D eigenvalue weighted by Gasteiger charge is 2.38. The van der Waals surface area contributed by atoms with Crippen LogP contribution >= 0.6 is 0 Å². The number of nitrogens with one attached hydrogen (secondary N) is 1. The van der Waals surface area contributed by atoms with Crippen molar-refractivity contribution in [3.8, 4) is 0 Å². The Morgan fingerprint density at radius 1 is 1.20 bits per heavy atom. The predicted octanol–water partition coefficient (Wildman–Crippen LogP) is 1.00. The van der Waals surface area contributed by atoms with Crippen molar-refractivity contribution in [2.75, 3.05) is 13.1 Å². The summed E-state index contributed by atoms with van der Waals surface area (Å²) in [5.74, 6) is -1.38. The van der Waals surface area contributed by atoms with Gasteiger partial charge in [-0.25, -0.2) is 4.79 Å². The third-order valence-corrected chi connectivity index (χ3v) is 4.29. The Bertz CT molecular complexity index is 383. The zero-order valence-electron chi connectivity index (χ0n) is 12.4. The topological polar surface area (TPSA) is 86.7 Å². The summed E-state index contributed by atoms with van der Waals surface area (Å²) < 4.78 is 0. The Morgan fingerprint density at radius 2 is 1.70 bits per heavy atom. The molecule has 1 saturated heterocycles. The highest BCUT2D eigenvalue weighted by Crippen LogP contribution is 2.21. The molecule has 20 heavy (non-hydrogen) atoms. The molecule has 1 aliphatic heterocycles. The predicted molar refractivity (Wildman–Crippen MR) is 74.1 cm³/mol. The maximum absolute atomic E-state index is 12.2. The van der Waals surface area contributed by atoms with Crippen molar-refractivity contribution in [1.82, 2.24) is 10.2 Å². The number of carboxylic acid groups (broad SMARTS) is 1. The maximum atomic E-state index is 12.2. The lowest BCUT2D eigenvalue weighted by atomic mass is 9.89. The molecule has 1 rings (SSSR count). The number of likely N-dealkylation sites (tertiary alicyclic amines) is 1. The van der Waals surface area contributed by atoms with Crippen molar-refractivity contribution in [2.24, 2.45) is 5.92 Å². The molecule has 6 nitrogen and oxygen atoms in total. The quantitative estimate of drug-likeness (QED) is 0.788. The first-order valence-corrected chi connectivity index (χ1v) is 7.17. The van der Waals surface area contributed by atoms with E-state index in [1.807, 2.05) is 0 Å². The minimum absolute atomic E-state index is 0.0193. The fourth-order valence-corrected chi connectivity index (χ4v) is 2.58. The standard InChI is InChI=1S/C14H24N2O4/c1-4-14(5-2,13(19)20)15-12(18)11-6-8-16(9-7-11)10(3)17/h11H,4-9H2,1-3H3,(H,15,18)(H,19,20). The van der Waals surface area contributed by atoms with E-state index in [1.165, 1.54) is 6.92 Å². The van der Waals surface area contributed by atoms with Crippen LogP contribution in [0, 0.1) is 5.92 Å². The van der Waals surface area contributed by atoms with Crippen molar-refractivity contribution in [3.05, 3.63) is 0 Å². The molecular formula is C14H24N2O4. The molecule has 0 aliphatic carbocycles. The normalized spacial score (nSPS) is 16.9. The lowest BCUT2D eigenvalue weighted by Gasteiger charge is -2.34. The molecule has 0 aromatic rings. The van der Waals surface area contributed by atoms with E-state index in [-0.39, 0.29) is 17.7 Å². The smallest absolute Gasteiger partial charge is 0.329 e. The van der Waals surface area contributed by atoms with Crippen LogP contribution in [0.3, 0.4) is 0 Å². The molecule has 0 spiro atoms. The van der Waals surface area contributed by atoms with Gasteiger partial charge in [0.1, 0.15) is 5.54 Å². The van der Waals surface area contributed by atoms with E-state index in [4.69, 9.17) is 0 Å². The van der Waals surface area contributed by atoms with Crippen LogP contribution in [0.5, 0.6) is 0 Å². The van der Waals surface area contributed by atoms with Crippen LogP contribution in [0.4, 0.5) is 0 Å². The summed E-state index contributed by atoms with van der Waals surface area (Å²) in [6, 6.07) is 0. The molecule has 0 aromatic carbocycles. The van der Waals surface area contributed by atoms with E-state index in [0.717, 1.165) is 0 Å². The van der Waals surface area contributed by atoms with Crippen LogP contribution < -0.4 is 5.32 Å². The molecule has 0 aromatic heterocycles. The largest absolute Gasteiger partial charge is 0.480 e. The zero-order chi connectivity index (χ0) is 15.3. The molecule has 0 radical (unpaired) electrons. The second kappa shape index (κ2) is 6.72. The highest BCUT2D eigenvalue weighted by atomic mass is 16.4. The second-order valence-corrected chi connectivity index (χ2v) is 5.36. The summed E-state index contributed by atoms with van der Waals surface area (Å²) in [4.78, 5) is 36.6. The van der Waals surface area contributed by atoms with E-state index in [2.05, 4.69) is 5.32 Å². The van der Waals surface area contributed by atoms with Crippen molar-refractivity contribution in [2.45, 2.75) is 52.0 Å². The molecule has 1 fully saturated rings. The number of piperidine rings is 1. The van der Waals surface area contributed by atoms with Gasteiger partial charge in [0.15, 0.2) is 0 Å². The van der Waals surface area contributed by atoms with Gasteiger partial charge in [-0.15, -0.1) is 0 Å². The van der Waals surface area contributed by atoms with Crippen LogP contribution in [-0.4, -0.2) is 46.4 Å². The van der Waals surface area contributed by atoms with Gasteiger partial charge in [0.2, 0.25) is 11.8 Å². The molecule has 114 valence electrons. The van der Waals surface area contributed by atoms with Crippen LogP contribution in [0.2, 0.25) is 0 Å². The Morgan fingerprint density at radius 3 is 2.05 bits per heavy atom. The molecular weight excluding hydrogens is 260 g/mol. The average Bonchev–Trinajstić information content (AvgIpc) is 2.44. The third kappa shape index (κ3) is 3.49. The van der Waals surface area contributed by atoms with Gasteiger partial charge in [-0.2, -0.15) is 0 Å². The molecule has 1 aliphatic rings. The first-order valence-electron chi connectivity index (χ1n) is 7.17. The first kappa shape index (κ1) is 16.5. The van der Waals surface area contributed by atoms with Gasteiger partial charge in [-0.05, 0) is 25.7 Å². The first-order chi connectivity index (χ1) is 9.36. The molecule has 2 amide bonds. The lowest BCUT2D eigenvalue weighted by Crippen LogP contribution is -2.56. The van der Waals surface area contributed by atoms with Crippen molar-refractivity contribution < 1.29 is 19.5 Å². The molecule has 6 heteroatoms. The van der Waals surface area contributed by atoms with Gasteiger partial charge in [0.05, 0.1) is 0 Å². The van der Waals surface area contributed by atoms with Crippen LogP contribution in [0.15, 0.2) is 0 Å². The number of hydrogen-bond acceptors (Lipinski definition) is 3. The monoisotopic (exact) mass is 284 g/mol. The summed E-state index contributed by atoms with van der Waals surface area (Å²) >= 11 is 0. The Kier molecular flexibility index (Phi) is 5.53. The number of nitrogens with zero attached hydrogens (tertiary/aromatic N) is 1. The maximum Gasteiger partial charge on any atom is 0.329 e. The molecule has 0 atom stereocenters. The Labute approximate surface area is 119 Å². The Balaban J connectivity index is 2.63. The zero-order valence-corrected chi connectivity index (χ0v) is 12.4. The summed E-state index contributed by atoms with van der Waals surface area (Å²) in [7, 11) is 0. The second-order valence-electron chi connectivity index (χ2n) is 5.36. The summed E-state index contributed by atoms with van der Waals surface area (Å²) in [6.07, 6.45) is 1.90.